The van der Waals surface area contributed by atoms with Crippen molar-refractivity contribution in [1.29, 1.82) is 0 Å². The first-order valence-corrected chi connectivity index (χ1v) is 14.7. The SMILES string of the molecule is CSCC[C@H](NC(=O)c1ccc(CCc2ccc3c(c2)Cc2ccccc2-3)cc1-c1ccccc1C)C(=O)[O-].[Li+]. The van der Waals surface area contributed by atoms with E-state index in [0.29, 0.717) is 17.7 Å². The Morgan fingerprint density at radius 1 is 0.825 bits per heavy atom. The molecule has 5 rings (SSSR count). The van der Waals surface area contributed by atoms with Crippen molar-refractivity contribution in [2.45, 2.75) is 38.6 Å². The van der Waals surface area contributed by atoms with Crippen LogP contribution in [-0.2, 0) is 24.1 Å². The van der Waals surface area contributed by atoms with Crippen molar-refractivity contribution in [1.82, 2.24) is 5.32 Å². The van der Waals surface area contributed by atoms with Crippen LogP contribution in [0.15, 0.2) is 84.9 Å². The molecule has 4 aromatic carbocycles. The number of benzene rings is 4. The number of carbonyl (C=O) groups excluding carboxylic acids is 2. The van der Waals surface area contributed by atoms with Crippen molar-refractivity contribution < 1.29 is 33.6 Å². The Balaban J connectivity index is 0.00000370. The fourth-order valence-electron chi connectivity index (χ4n) is 5.41. The second kappa shape index (κ2) is 13.4. The van der Waals surface area contributed by atoms with Gasteiger partial charge in [0.1, 0.15) is 0 Å². The summed E-state index contributed by atoms with van der Waals surface area (Å²) in [5.41, 5.74) is 11.2. The minimum atomic E-state index is -1.26. The van der Waals surface area contributed by atoms with E-state index in [-0.39, 0.29) is 18.9 Å². The number of fused-ring (bicyclic) bond motifs is 3. The molecule has 0 heterocycles. The number of thioether (sulfide) groups is 1. The van der Waals surface area contributed by atoms with Gasteiger partial charge in [-0.1, -0.05) is 78.9 Å². The van der Waals surface area contributed by atoms with Gasteiger partial charge in [0, 0.05) is 5.56 Å². The summed E-state index contributed by atoms with van der Waals surface area (Å²) >= 11 is 1.54. The molecule has 40 heavy (non-hydrogen) atoms. The van der Waals surface area contributed by atoms with Gasteiger partial charge in [-0.2, -0.15) is 11.8 Å². The second-order valence-electron chi connectivity index (χ2n) is 10.1. The minimum Gasteiger partial charge on any atom is -0.548 e. The third-order valence-corrected chi connectivity index (χ3v) is 8.17. The zero-order valence-corrected chi connectivity index (χ0v) is 24.1. The number of carboxylic acid groups (broad SMARTS) is 1. The molecule has 0 fully saturated rings. The number of aliphatic carboxylic acids is 1. The average Bonchev–Trinajstić information content (AvgIpc) is 3.32. The largest absolute Gasteiger partial charge is 1.00 e. The van der Waals surface area contributed by atoms with E-state index in [2.05, 4.69) is 53.8 Å². The van der Waals surface area contributed by atoms with Crippen LogP contribution in [0.2, 0.25) is 0 Å². The van der Waals surface area contributed by atoms with E-state index in [1.54, 1.807) is 0 Å². The summed E-state index contributed by atoms with van der Waals surface area (Å²) in [6.45, 7) is 2.02. The summed E-state index contributed by atoms with van der Waals surface area (Å²) < 4.78 is 0. The van der Waals surface area contributed by atoms with Crippen LogP contribution in [-0.4, -0.2) is 29.9 Å². The van der Waals surface area contributed by atoms with Gasteiger partial charge in [0.25, 0.3) is 5.91 Å². The first kappa shape index (κ1) is 29.7. The molecule has 0 unspecified atom stereocenters. The molecule has 0 saturated heterocycles. The fraction of sp³-hybridized carbons (Fsp3) is 0.235. The minimum absolute atomic E-state index is 0. The number of nitrogens with one attached hydrogen (secondary N) is 1. The van der Waals surface area contributed by atoms with E-state index in [1.807, 2.05) is 49.6 Å². The zero-order chi connectivity index (χ0) is 27.4. The molecule has 0 saturated carbocycles. The molecular formula is C34H32LiNO3S. The quantitative estimate of drug-likeness (QED) is 0.276. The number of aryl methyl sites for hydroxylation is 3. The average molecular weight is 542 g/mol. The summed E-state index contributed by atoms with van der Waals surface area (Å²) in [6.07, 6.45) is 4.93. The summed E-state index contributed by atoms with van der Waals surface area (Å²) in [4.78, 5) is 25.0. The van der Waals surface area contributed by atoms with Crippen LogP contribution in [0.3, 0.4) is 0 Å². The fourth-order valence-corrected chi connectivity index (χ4v) is 5.88. The Kier molecular flexibility index (Phi) is 9.98. The van der Waals surface area contributed by atoms with Crippen LogP contribution in [0, 0.1) is 6.92 Å². The molecule has 0 aliphatic heterocycles. The molecule has 0 spiro atoms. The maximum atomic E-state index is 13.3. The van der Waals surface area contributed by atoms with Crippen LogP contribution in [0.25, 0.3) is 22.3 Å². The molecule has 198 valence electrons. The molecule has 1 aliphatic carbocycles. The predicted octanol–water partition coefficient (Wildman–Crippen LogP) is 2.62. The zero-order valence-electron chi connectivity index (χ0n) is 23.3. The number of hydrogen-bond donors (Lipinski definition) is 1. The number of carbonyl (C=O) groups is 2. The van der Waals surface area contributed by atoms with Crippen LogP contribution in [0.1, 0.15) is 44.6 Å². The maximum Gasteiger partial charge on any atom is 1.00 e. The molecule has 0 bridgehead atoms. The molecule has 4 nitrogen and oxygen atoms in total. The van der Waals surface area contributed by atoms with Crippen molar-refractivity contribution in [2.24, 2.45) is 0 Å². The van der Waals surface area contributed by atoms with Crippen LogP contribution >= 0.6 is 11.8 Å². The van der Waals surface area contributed by atoms with E-state index in [1.165, 1.54) is 39.6 Å². The number of carboxylic acids is 1. The Morgan fingerprint density at radius 2 is 1.48 bits per heavy atom. The van der Waals surface area contributed by atoms with Gasteiger partial charge in [-0.05, 0) is 101 Å². The van der Waals surface area contributed by atoms with Gasteiger partial charge >= 0.3 is 18.9 Å². The third-order valence-electron chi connectivity index (χ3n) is 7.52. The smallest absolute Gasteiger partial charge is 0.548 e. The number of hydrogen-bond acceptors (Lipinski definition) is 4. The summed E-state index contributed by atoms with van der Waals surface area (Å²) in [5, 5.41) is 14.3. The third kappa shape index (κ3) is 6.55. The predicted molar refractivity (Wildman–Crippen MR) is 158 cm³/mol. The molecule has 4 aromatic rings. The van der Waals surface area contributed by atoms with Crippen LogP contribution in [0.4, 0.5) is 0 Å². The molecular weight excluding hydrogens is 509 g/mol. The van der Waals surface area contributed by atoms with Crippen LogP contribution < -0.4 is 29.3 Å². The summed E-state index contributed by atoms with van der Waals surface area (Å²) in [5.74, 6) is -1.03. The van der Waals surface area contributed by atoms with Crippen molar-refractivity contribution in [3.63, 3.8) is 0 Å². The first-order valence-electron chi connectivity index (χ1n) is 13.3. The molecule has 0 radical (unpaired) electrons. The summed E-state index contributed by atoms with van der Waals surface area (Å²) in [7, 11) is 0. The van der Waals surface area contributed by atoms with Crippen molar-refractivity contribution in [2.75, 3.05) is 12.0 Å². The maximum absolute atomic E-state index is 13.3. The first-order chi connectivity index (χ1) is 18.9. The van der Waals surface area contributed by atoms with E-state index >= 15 is 0 Å². The van der Waals surface area contributed by atoms with Crippen molar-refractivity contribution >= 4 is 23.6 Å². The molecule has 1 amide bonds. The topological polar surface area (TPSA) is 69.2 Å². The van der Waals surface area contributed by atoms with Gasteiger partial charge in [0.15, 0.2) is 0 Å². The van der Waals surface area contributed by atoms with Gasteiger partial charge in [0.2, 0.25) is 0 Å². The monoisotopic (exact) mass is 541 g/mol. The van der Waals surface area contributed by atoms with Crippen molar-refractivity contribution in [3.8, 4) is 22.3 Å². The number of amides is 1. The second-order valence-corrected chi connectivity index (χ2v) is 11.1. The van der Waals surface area contributed by atoms with Crippen molar-refractivity contribution in [3.05, 3.63) is 118 Å². The molecule has 1 N–H and O–H groups in total. The van der Waals surface area contributed by atoms with Gasteiger partial charge in [-0.15, -0.1) is 0 Å². The molecule has 0 aromatic heterocycles. The van der Waals surface area contributed by atoms with E-state index < -0.39 is 17.9 Å². The van der Waals surface area contributed by atoms with Crippen LogP contribution in [0.5, 0.6) is 0 Å². The Bertz CT molecular complexity index is 1530. The Labute approximate surface area is 252 Å². The van der Waals surface area contributed by atoms with Gasteiger partial charge in [0.05, 0.1) is 12.0 Å². The Morgan fingerprint density at radius 3 is 2.20 bits per heavy atom. The molecule has 6 heteroatoms. The Hall–Kier alpha value is -3.23. The van der Waals surface area contributed by atoms with Gasteiger partial charge < -0.3 is 15.2 Å². The molecule has 1 aliphatic rings. The number of rotatable bonds is 10. The normalized spacial score (nSPS) is 12.2. The summed E-state index contributed by atoms with van der Waals surface area (Å²) in [6, 6.07) is 28.2. The standard InChI is InChI=1S/C34H33NO3S.Li/c1-22-7-3-5-9-27(22)31-20-24(14-16-30(31)33(36)35-32(34(37)38)17-18-39-2)12-11-23-13-15-29-26(19-23)21-25-8-4-6-10-28(25)29;/h3-10,13-16,19-20,32H,11-12,17-18,21H2,1-2H3,(H,35,36)(H,37,38);/q;+1/p-1/t32-;/m0./s1. The van der Waals surface area contributed by atoms with E-state index in [4.69, 9.17) is 0 Å². The van der Waals surface area contributed by atoms with Gasteiger partial charge in [-0.3, -0.25) is 4.79 Å². The molecule has 1 atom stereocenters. The van der Waals surface area contributed by atoms with Gasteiger partial charge in [-0.25, -0.2) is 0 Å². The van der Waals surface area contributed by atoms with E-state index in [9.17, 15) is 14.7 Å². The van der Waals surface area contributed by atoms with E-state index in [0.717, 1.165) is 41.5 Å².